The molecule has 0 spiro atoms. The summed E-state index contributed by atoms with van der Waals surface area (Å²) in [5.41, 5.74) is 0.625. The minimum absolute atomic E-state index is 0.0532. The molecule has 112 valence electrons. The van der Waals surface area contributed by atoms with Crippen LogP contribution < -0.4 is 5.32 Å². The van der Waals surface area contributed by atoms with Gasteiger partial charge in [-0.05, 0) is 30.5 Å². The number of hydrogen-bond acceptors (Lipinski definition) is 3. The molecular formula is C16H18FNO3. The molecule has 0 bridgehead atoms. The lowest BCUT2D eigenvalue weighted by molar-refractivity contribution is -0.126. The lowest BCUT2D eigenvalue weighted by atomic mass is 10.0. The van der Waals surface area contributed by atoms with Crippen LogP contribution in [0.5, 0.6) is 0 Å². The third-order valence-electron chi connectivity index (χ3n) is 3.34. The van der Waals surface area contributed by atoms with Gasteiger partial charge in [0.15, 0.2) is 0 Å². The highest BCUT2D eigenvalue weighted by molar-refractivity contribution is 5.94. The molecule has 1 saturated heterocycles. The van der Waals surface area contributed by atoms with Crippen molar-refractivity contribution in [3.05, 3.63) is 29.6 Å². The fourth-order valence-electron chi connectivity index (χ4n) is 2.15. The lowest BCUT2D eigenvalue weighted by Crippen LogP contribution is -2.31. The second kappa shape index (κ2) is 7.21. The molecule has 21 heavy (non-hydrogen) atoms. The van der Waals surface area contributed by atoms with E-state index in [1.165, 1.54) is 12.1 Å². The van der Waals surface area contributed by atoms with Gasteiger partial charge in [-0.1, -0.05) is 18.8 Å². The Morgan fingerprint density at radius 3 is 3.00 bits per heavy atom. The third-order valence-corrected chi connectivity index (χ3v) is 3.34. The maximum absolute atomic E-state index is 13.8. The summed E-state index contributed by atoms with van der Waals surface area (Å²) in [7, 11) is 0. The van der Waals surface area contributed by atoms with Crippen molar-refractivity contribution >= 4 is 11.6 Å². The van der Waals surface area contributed by atoms with Gasteiger partial charge in [0.2, 0.25) is 0 Å². The third kappa shape index (κ3) is 4.03. The Morgan fingerprint density at radius 1 is 1.57 bits per heavy atom. The lowest BCUT2D eigenvalue weighted by Gasteiger charge is -2.14. The van der Waals surface area contributed by atoms with Crippen LogP contribution in [-0.4, -0.2) is 30.3 Å². The predicted molar refractivity (Wildman–Crippen MR) is 77.1 cm³/mol. The van der Waals surface area contributed by atoms with Crippen LogP contribution in [0.15, 0.2) is 18.2 Å². The Balaban J connectivity index is 2.03. The van der Waals surface area contributed by atoms with Gasteiger partial charge in [0.05, 0.1) is 12.2 Å². The number of benzene rings is 1. The second-order valence-corrected chi connectivity index (χ2v) is 5.02. The van der Waals surface area contributed by atoms with Crippen molar-refractivity contribution in [3.63, 3.8) is 0 Å². The Morgan fingerprint density at radius 2 is 2.38 bits per heavy atom. The van der Waals surface area contributed by atoms with Crippen LogP contribution in [-0.2, 0) is 9.53 Å². The molecule has 1 fully saturated rings. The molecule has 1 heterocycles. The van der Waals surface area contributed by atoms with Crippen LogP contribution in [0.3, 0.4) is 0 Å². The first-order chi connectivity index (χ1) is 10.1. The van der Waals surface area contributed by atoms with E-state index in [0.717, 1.165) is 6.42 Å². The number of ether oxygens (including phenoxy) is 1. The normalized spacial score (nSPS) is 20.7. The topological polar surface area (TPSA) is 58.6 Å². The summed E-state index contributed by atoms with van der Waals surface area (Å²) in [5.74, 6) is 4.70. The number of hydrogen-bond donors (Lipinski definition) is 2. The van der Waals surface area contributed by atoms with E-state index in [2.05, 4.69) is 17.2 Å². The summed E-state index contributed by atoms with van der Waals surface area (Å²) < 4.78 is 19.2. The van der Waals surface area contributed by atoms with Crippen molar-refractivity contribution in [2.45, 2.75) is 25.9 Å². The van der Waals surface area contributed by atoms with Gasteiger partial charge in [0.1, 0.15) is 11.9 Å². The summed E-state index contributed by atoms with van der Waals surface area (Å²) in [6.07, 6.45) is 0.679. The first-order valence-corrected chi connectivity index (χ1v) is 6.93. The first-order valence-electron chi connectivity index (χ1n) is 6.93. The molecule has 0 aromatic heterocycles. The molecule has 1 amide bonds. The van der Waals surface area contributed by atoms with E-state index >= 15 is 0 Å². The number of aliphatic hydroxyl groups excluding tert-OH is 1. The van der Waals surface area contributed by atoms with Gasteiger partial charge in [-0.25, -0.2) is 4.39 Å². The van der Waals surface area contributed by atoms with E-state index in [0.29, 0.717) is 18.7 Å². The standard InChI is InChI=1S/C16H18FNO3/c1-11-7-9-21-15(11)16(20)18-13-6-5-12(14(17)10-13)4-2-3-8-19/h5-6,10-11,15,19H,3,7-9H2,1H3,(H,18,20). The van der Waals surface area contributed by atoms with Crippen molar-refractivity contribution in [2.24, 2.45) is 5.92 Å². The summed E-state index contributed by atoms with van der Waals surface area (Å²) >= 11 is 0. The Bertz CT molecular complexity index is 577. The number of nitrogens with one attached hydrogen (secondary N) is 1. The number of carbonyl (C=O) groups excluding carboxylic acids is 1. The monoisotopic (exact) mass is 291 g/mol. The Kier molecular flexibility index (Phi) is 5.32. The molecular weight excluding hydrogens is 273 g/mol. The maximum Gasteiger partial charge on any atom is 0.253 e. The van der Waals surface area contributed by atoms with E-state index < -0.39 is 11.9 Å². The average Bonchev–Trinajstić information content (AvgIpc) is 2.88. The minimum atomic E-state index is -0.501. The van der Waals surface area contributed by atoms with E-state index in [4.69, 9.17) is 9.84 Å². The van der Waals surface area contributed by atoms with Gasteiger partial charge in [0.25, 0.3) is 5.91 Å². The number of amides is 1. The van der Waals surface area contributed by atoms with Crippen molar-refractivity contribution in [1.29, 1.82) is 0 Å². The SMILES string of the molecule is CC1CCOC1C(=O)Nc1ccc(C#CCCO)c(F)c1. The number of anilines is 1. The number of rotatable bonds is 3. The van der Waals surface area contributed by atoms with Crippen molar-refractivity contribution < 1.29 is 19.0 Å². The van der Waals surface area contributed by atoms with Crippen molar-refractivity contribution in [2.75, 3.05) is 18.5 Å². The minimum Gasteiger partial charge on any atom is -0.395 e. The molecule has 1 aromatic carbocycles. The van der Waals surface area contributed by atoms with E-state index in [1.807, 2.05) is 6.92 Å². The van der Waals surface area contributed by atoms with Crippen LogP contribution in [0.1, 0.15) is 25.3 Å². The molecule has 1 aliphatic heterocycles. The molecule has 2 N–H and O–H groups in total. The van der Waals surface area contributed by atoms with Gasteiger partial charge in [0, 0.05) is 18.7 Å². The van der Waals surface area contributed by atoms with Crippen molar-refractivity contribution in [1.82, 2.24) is 0 Å². The first kappa shape index (κ1) is 15.5. The summed E-state index contributed by atoms with van der Waals surface area (Å²) in [5, 5.41) is 11.3. The van der Waals surface area contributed by atoms with Gasteiger partial charge in [-0.2, -0.15) is 0 Å². The molecule has 4 nitrogen and oxygen atoms in total. The van der Waals surface area contributed by atoms with Gasteiger partial charge in [-0.15, -0.1) is 0 Å². The van der Waals surface area contributed by atoms with Crippen LogP contribution >= 0.6 is 0 Å². The predicted octanol–water partition coefficient (Wildman–Crippen LogP) is 1.92. The molecule has 5 heteroatoms. The summed E-state index contributed by atoms with van der Waals surface area (Å²) in [6, 6.07) is 4.35. The molecule has 0 saturated carbocycles. The number of aliphatic hydroxyl groups is 1. The molecule has 2 rings (SSSR count). The van der Waals surface area contributed by atoms with Gasteiger partial charge < -0.3 is 15.2 Å². The van der Waals surface area contributed by atoms with E-state index in [1.54, 1.807) is 6.07 Å². The largest absolute Gasteiger partial charge is 0.395 e. The zero-order valence-corrected chi connectivity index (χ0v) is 11.9. The molecule has 0 radical (unpaired) electrons. The molecule has 1 aliphatic rings. The van der Waals surface area contributed by atoms with Crippen LogP contribution in [0.4, 0.5) is 10.1 Å². The highest BCUT2D eigenvalue weighted by atomic mass is 19.1. The molecule has 2 unspecified atom stereocenters. The van der Waals surface area contributed by atoms with Crippen molar-refractivity contribution in [3.8, 4) is 11.8 Å². The quantitative estimate of drug-likeness (QED) is 0.837. The number of carbonyl (C=O) groups is 1. The molecule has 0 aliphatic carbocycles. The Labute approximate surface area is 123 Å². The van der Waals surface area contributed by atoms with Crippen LogP contribution in [0.25, 0.3) is 0 Å². The maximum atomic E-state index is 13.8. The van der Waals surface area contributed by atoms with E-state index in [9.17, 15) is 9.18 Å². The molecule has 2 atom stereocenters. The number of halogens is 1. The highest BCUT2D eigenvalue weighted by Crippen LogP contribution is 2.22. The zero-order valence-electron chi connectivity index (χ0n) is 11.9. The fraction of sp³-hybridized carbons (Fsp3) is 0.438. The van der Waals surface area contributed by atoms with Gasteiger partial charge >= 0.3 is 0 Å². The summed E-state index contributed by atoms with van der Waals surface area (Å²) in [6.45, 7) is 2.48. The highest BCUT2D eigenvalue weighted by Gasteiger charge is 2.30. The van der Waals surface area contributed by atoms with Gasteiger partial charge in [-0.3, -0.25) is 4.79 Å². The average molecular weight is 291 g/mol. The second-order valence-electron chi connectivity index (χ2n) is 5.02. The Hall–Kier alpha value is -1.90. The molecule has 1 aromatic rings. The van der Waals surface area contributed by atoms with Crippen LogP contribution in [0, 0.1) is 23.6 Å². The van der Waals surface area contributed by atoms with E-state index in [-0.39, 0.29) is 24.0 Å². The summed E-state index contributed by atoms with van der Waals surface area (Å²) in [4.78, 5) is 12.0. The fourth-order valence-corrected chi connectivity index (χ4v) is 2.15. The smallest absolute Gasteiger partial charge is 0.253 e. The van der Waals surface area contributed by atoms with Crippen LogP contribution in [0.2, 0.25) is 0 Å². The zero-order chi connectivity index (χ0) is 15.2.